The molecule has 1 saturated carbocycles. The van der Waals surface area contributed by atoms with Crippen LogP contribution in [0.4, 0.5) is 0 Å². The van der Waals surface area contributed by atoms with Crippen molar-refractivity contribution < 1.29 is 14.3 Å². The van der Waals surface area contributed by atoms with Gasteiger partial charge in [-0.3, -0.25) is 4.79 Å². The summed E-state index contributed by atoms with van der Waals surface area (Å²) in [6.45, 7) is 5.74. The molecule has 0 aromatic heterocycles. The van der Waals surface area contributed by atoms with Crippen molar-refractivity contribution in [2.24, 2.45) is 5.92 Å². The van der Waals surface area contributed by atoms with Gasteiger partial charge in [0.1, 0.15) is 5.60 Å². The summed E-state index contributed by atoms with van der Waals surface area (Å²) in [4.78, 5) is 12.6. The first-order valence-electron chi connectivity index (χ1n) is 7.95. The summed E-state index contributed by atoms with van der Waals surface area (Å²) < 4.78 is 11.5. The fourth-order valence-corrected chi connectivity index (χ4v) is 3.64. The van der Waals surface area contributed by atoms with E-state index in [1.807, 2.05) is 6.92 Å². The van der Waals surface area contributed by atoms with Gasteiger partial charge in [-0.05, 0) is 51.4 Å². The molecule has 0 spiro atoms. The molecule has 0 aromatic carbocycles. The molecular formula is C16H28O3. The number of carbonyl (C=O) groups is 1. The van der Waals surface area contributed by atoms with Crippen LogP contribution in [0.3, 0.4) is 0 Å². The molecule has 110 valence electrons. The van der Waals surface area contributed by atoms with Gasteiger partial charge < -0.3 is 9.47 Å². The van der Waals surface area contributed by atoms with Crippen molar-refractivity contribution in [1.82, 2.24) is 0 Å². The lowest BCUT2D eigenvalue weighted by atomic mass is 9.75. The largest absolute Gasteiger partial charge is 0.378 e. The third-order valence-corrected chi connectivity index (χ3v) is 4.60. The van der Waals surface area contributed by atoms with Crippen LogP contribution in [-0.4, -0.2) is 30.7 Å². The molecular weight excluding hydrogens is 240 g/mol. The summed E-state index contributed by atoms with van der Waals surface area (Å²) >= 11 is 0. The Kier molecular flexibility index (Phi) is 5.40. The number of Topliss-reactive ketones (excluding diaryl/α,β-unsaturated/α-hetero) is 1. The average molecular weight is 268 g/mol. The summed E-state index contributed by atoms with van der Waals surface area (Å²) in [5.41, 5.74) is -0.481. The zero-order valence-electron chi connectivity index (χ0n) is 12.5. The minimum Gasteiger partial charge on any atom is -0.378 e. The number of rotatable bonds is 6. The molecule has 1 heterocycles. The van der Waals surface area contributed by atoms with Crippen molar-refractivity contribution in [3.05, 3.63) is 0 Å². The minimum atomic E-state index is -0.481. The summed E-state index contributed by atoms with van der Waals surface area (Å²) in [5.74, 6) is 0.920. The normalized spacial score (nSPS) is 35.5. The van der Waals surface area contributed by atoms with E-state index in [0.717, 1.165) is 45.1 Å². The van der Waals surface area contributed by atoms with E-state index in [9.17, 15) is 4.79 Å². The van der Waals surface area contributed by atoms with Crippen molar-refractivity contribution in [3.63, 3.8) is 0 Å². The van der Waals surface area contributed by atoms with Crippen LogP contribution in [0, 0.1) is 5.92 Å². The molecule has 1 saturated heterocycles. The third kappa shape index (κ3) is 3.79. The lowest BCUT2D eigenvalue weighted by Crippen LogP contribution is -2.45. The predicted octanol–water partition coefficient (Wildman–Crippen LogP) is 3.50. The Labute approximate surface area is 117 Å². The maximum atomic E-state index is 12.6. The molecule has 2 fully saturated rings. The monoisotopic (exact) mass is 268 g/mol. The standard InChI is InChI=1S/C16H28O3/c1-3-19-16(10-4-6-13(2)12-16)15(17)9-8-14-7-5-11-18-14/h13-14H,3-12H2,1-2H3. The number of carbonyl (C=O) groups excluding carboxylic acids is 1. The molecule has 1 aliphatic heterocycles. The van der Waals surface area contributed by atoms with Crippen LogP contribution in [0.15, 0.2) is 0 Å². The van der Waals surface area contributed by atoms with E-state index < -0.39 is 5.60 Å². The van der Waals surface area contributed by atoms with E-state index in [2.05, 4.69) is 6.92 Å². The van der Waals surface area contributed by atoms with Gasteiger partial charge in [-0.15, -0.1) is 0 Å². The van der Waals surface area contributed by atoms with Crippen LogP contribution in [0.1, 0.15) is 65.2 Å². The summed E-state index contributed by atoms with van der Waals surface area (Å²) in [7, 11) is 0. The highest BCUT2D eigenvalue weighted by atomic mass is 16.5. The van der Waals surface area contributed by atoms with E-state index in [-0.39, 0.29) is 0 Å². The summed E-state index contributed by atoms with van der Waals surface area (Å²) in [6, 6.07) is 0. The van der Waals surface area contributed by atoms with E-state index in [0.29, 0.717) is 30.8 Å². The van der Waals surface area contributed by atoms with Gasteiger partial charge >= 0.3 is 0 Å². The van der Waals surface area contributed by atoms with E-state index in [4.69, 9.17) is 9.47 Å². The molecule has 3 atom stereocenters. The van der Waals surface area contributed by atoms with Gasteiger partial charge in [0, 0.05) is 19.6 Å². The van der Waals surface area contributed by atoms with E-state index >= 15 is 0 Å². The van der Waals surface area contributed by atoms with Crippen LogP contribution in [0.2, 0.25) is 0 Å². The zero-order chi connectivity index (χ0) is 13.7. The lowest BCUT2D eigenvalue weighted by molar-refractivity contribution is -0.151. The van der Waals surface area contributed by atoms with E-state index in [1.54, 1.807) is 0 Å². The van der Waals surface area contributed by atoms with Crippen LogP contribution in [0.25, 0.3) is 0 Å². The SMILES string of the molecule is CCOC1(C(=O)CCC2CCCO2)CCCC(C)C1. The molecule has 0 aromatic rings. The molecule has 1 aliphatic carbocycles. The van der Waals surface area contributed by atoms with Crippen molar-refractivity contribution in [2.45, 2.75) is 76.9 Å². The fourth-order valence-electron chi connectivity index (χ4n) is 3.64. The van der Waals surface area contributed by atoms with Crippen molar-refractivity contribution in [2.75, 3.05) is 13.2 Å². The summed E-state index contributed by atoms with van der Waals surface area (Å²) in [6.07, 6.45) is 8.24. The molecule has 2 aliphatic rings. The predicted molar refractivity (Wildman–Crippen MR) is 75.2 cm³/mol. The van der Waals surface area contributed by atoms with Gasteiger partial charge in [-0.25, -0.2) is 0 Å². The lowest BCUT2D eigenvalue weighted by Gasteiger charge is -2.38. The van der Waals surface area contributed by atoms with Crippen molar-refractivity contribution in [3.8, 4) is 0 Å². The maximum absolute atomic E-state index is 12.6. The third-order valence-electron chi connectivity index (χ3n) is 4.60. The number of ether oxygens (including phenoxy) is 2. The van der Waals surface area contributed by atoms with Gasteiger partial charge in [-0.1, -0.05) is 13.3 Å². The second-order valence-electron chi connectivity index (χ2n) is 6.23. The molecule has 3 nitrogen and oxygen atoms in total. The first kappa shape index (κ1) is 15.0. The van der Waals surface area contributed by atoms with Crippen LogP contribution in [-0.2, 0) is 14.3 Å². The highest BCUT2D eigenvalue weighted by Gasteiger charge is 2.41. The average Bonchev–Trinajstić information content (AvgIpc) is 2.89. The molecule has 2 rings (SSSR count). The molecule has 0 N–H and O–H groups in total. The Morgan fingerprint density at radius 3 is 2.84 bits per heavy atom. The first-order valence-corrected chi connectivity index (χ1v) is 7.95. The fraction of sp³-hybridized carbons (Fsp3) is 0.938. The molecule has 3 unspecified atom stereocenters. The van der Waals surface area contributed by atoms with Crippen molar-refractivity contribution in [1.29, 1.82) is 0 Å². The van der Waals surface area contributed by atoms with Gasteiger partial charge in [0.15, 0.2) is 5.78 Å². The highest BCUT2D eigenvalue weighted by Crippen LogP contribution is 2.37. The van der Waals surface area contributed by atoms with Crippen LogP contribution in [0.5, 0.6) is 0 Å². The molecule has 0 bridgehead atoms. The van der Waals surface area contributed by atoms with Gasteiger partial charge in [0.25, 0.3) is 0 Å². The zero-order valence-corrected chi connectivity index (χ0v) is 12.5. The summed E-state index contributed by atoms with van der Waals surface area (Å²) in [5, 5.41) is 0. The second kappa shape index (κ2) is 6.85. The van der Waals surface area contributed by atoms with Crippen LogP contribution < -0.4 is 0 Å². The van der Waals surface area contributed by atoms with Gasteiger partial charge in [-0.2, -0.15) is 0 Å². The Morgan fingerprint density at radius 2 is 2.21 bits per heavy atom. The maximum Gasteiger partial charge on any atom is 0.164 e. The Morgan fingerprint density at radius 1 is 1.37 bits per heavy atom. The second-order valence-corrected chi connectivity index (χ2v) is 6.23. The highest BCUT2D eigenvalue weighted by molar-refractivity contribution is 5.87. The van der Waals surface area contributed by atoms with Gasteiger partial charge in [0.05, 0.1) is 6.10 Å². The Balaban J connectivity index is 1.91. The molecule has 0 radical (unpaired) electrons. The molecule has 19 heavy (non-hydrogen) atoms. The van der Waals surface area contributed by atoms with E-state index in [1.165, 1.54) is 6.42 Å². The smallest absolute Gasteiger partial charge is 0.164 e. The molecule has 0 amide bonds. The molecule has 3 heteroatoms. The van der Waals surface area contributed by atoms with Crippen LogP contribution >= 0.6 is 0 Å². The number of ketones is 1. The number of hydrogen-bond acceptors (Lipinski definition) is 3. The number of hydrogen-bond donors (Lipinski definition) is 0. The Bertz CT molecular complexity index is 292. The topological polar surface area (TPSA) is 35.5 Å². The van der Waals surface area contributed by atoms with Crippen molar-refractivity contribution >= 4 is 5.78 Å². The van der Waals surface area contributed by atoms with Gasteiger partial charge in [0.2, 0.25) is 0 Å². The quantitative estimate of drug-likeness (QED) is 0.739. The first-order chi connectivity index (χ1) is 9.16. The Hall–Kier alpha value is -0.410. The minimum absolute atomic E-state index is 0.309.